The van der Waals surface area contributed by atoms with Crippen molar-refractivity contribution in [1.82, 2.24) is 0 Å². The molecule has 1 aliphatic rings. The summed E-state index contributed by atoms with van der Waals surface area (Å²) in [7, 11) is 0. The number of rotatable bonds is 3. The zero-order valence-electron chi connectivity index (χ0n) is 8.05. The quantitative estimate of drug-likeness (QED) is 0.678. The van der Waals surface area contributed by atoms with Crippen LogP contribution in [0.25, 0.3) is 0 Å². The van der Waals surface area contributed by atoms with Gasteiger partial charge in [0.2, 0.25) is 0 Å². The van der Waals surface area contributed by atoms with E-state index in [9.17, 15) is 5.11 Å². The van der Waals surface area contributed by atoms with Gasteiger partial charge in [0.05, 0.1) is 6.10 Å². The minimum absolute atomic E-state index is 0.0625. The zero-order chi connectivity index (χ0) is 9.03. The second-order valence-corrected chi connectivity index (χ2v) is 4.08. The first-order valence-electron chi connectivity index (χ1n) is 5.13. The van der Waals surface area contributed by atoms with E-state index in [-0.39, 0.29) is 11.5 Å². The minimum Gasteiger partial charge on any atom is -0.393 e. The highest BCUT2D eigenvalue weighted by Crippen LogP contribution is 2.39. The van der Waals surface area contributed by atoms with Crippen LogP contribution in [0, 0.1) is 5.41 Å². The second-order valence-electron chi connectivity index (χ2n) is 4.08. The highest BCUT2D eigenvalue weighted by atomic mass is 16.3. The van der Waals surface area contributed by atoms with E-state index in [1.165, 1.54) is 12.8 Å². The van der Waals surface area contributed by atoms with Crippen molar-refractivity contribution in [2.24, 2.45) is 11.1 Å². The van der Waals surface area contributed by atoms with E-state index in [1.807, 2.05) is 0 Å². The van der Waals surface area contributed by atoms with Gasteiger partial charge in [0.15, 0.2) is 0 Å². The molecule has 0 spiro atoms. The maximum atomic E-state index is 9.87. The third-order valence-corrected chi connectivity index (χ3v) is 3.26. The molecule has 1 aliphatic carbocycles. The molecule has 1 saturated carbocycles. The zero-order valence-corrected chi connectivity index (χ0v) is 8.05. The number of aliphatic hydroxyl groups is 1. The van der Waals surface area contributed by atoms with Gasteiger partial charge in [0.25, 0.3) is 0 Å². The number of hydrogen-bond donors (Lipinski definition) is 2. The van der Waals surface area contributed by atoms with Gasteiger partial charge in [-0.15, -0.1) is 0 Å². The van der Waals surface area contributed by atoms with E-state index in [0.29, 0.717) is 6.54 Å². The average Bonchev–Trinajstić information content (AvgIpc) is 2.10. The Labute approximate surface area is 75.2 Å². The van der Waals surface area contributed by atoms with Crippen molar-refractivity contribution in [3.05, 3.63) is 0 Å². The summed E-state index contributed by atoms with van der Waals surface area (Å²) in [6, 6.07) is 0. The fourth-order valence-electron chi connectivity index (χ4n) is 2.42. The van der Waals surface area contributed by atoms with Crippen molar-refractivity contribution in [2.75, 3.05) is 6.54 Å². The third-order valence-electron chi connectivity index (χ3n) is 3.26. The Bertz CT molecular complexity index is 134. The summed E-state index contributed by atoms with van der Waals surface area (Å²) in [6.07, 6.45) is 6.58. The van der Waals surface area contributed by atoms with Crippen molar-refractivity contribution >= 4 is 0 Å². The molecule has 0 bridgehead atoms. The van der Waals surface area contributed by atoms with Gasteiger partial charge in [-0.3, -0.25) is 0 Å². The van der Waals surface area contributed by atoms with Crippen molar-refractivity contribution in [2.45, 2.75) is 51.6 Å². The summed E-state index contributed by atoms with van der Waals surface area (Å²) >= 11 is 0. The predicted octanol–water partition coefficient (Wildman–Crippen LogP) is 1.67. The third kappa shape index (κ3) is 1.80. The number of nitrogens with two attached hydrogens (primary N) is 1. The van der Waals surface area contributed by atoms with Crippen LogP contribution < -0.4 is 5.73 Å². The van der Waals surface area contributed by atoms with E-state index in [1.54, 1.807) is 0 Å². The van der Waals surface area contributed by atoms with E-state index in [2.05, 4.69) is 6.92 Å². The average molecular weight is 171 g/mol. The lowest BCUT2D eigenvalue weighted by atomic mass is 9.69. The van der Waals surface area contributed by atoms with Gasteiger partial charge in [0, 0.05) is 12.0 Å². The summed E-state index contributed by atoms with van der Waals surface area (Å²) in [6.45, 7) is 2.82. The summed E-state index contributed by atoms with van der Waals surface area (Å²) < 4.78 is 0. The highest BCUT2D eigenvalue weighted by molar-refractivity contribution is 4.90. The Morgan fingerprint density at radius 1 is 1.50 bits per heavy atom. The lowest BCUT2D eigenvalue weighted by Gasteiger charge is -2.40. The van der Waals surface area contributed by atoms with Crippen molar-refractivity contribution in [3.63, 3.8) is 0 Å². The summed E-state index contributed by atoms with van der Waals surface area (Å²) in [4.78, 5) is 0. The van der Waals surface area contributed by atoms with Crippen LogP contribution in [-0.2, 0) is 0 Å². The minimum atomic E-state index is -0.142. The predicted molar refractivity (Wildman–Crippen MR) is 50.9 cm³/mol. The van der Waals surface area contributed by atoms with Crippen molar-refractivity contribution in [1.29, 1.82) is 0 Å². The molecule has 72 valence electrons. The number of hydrogen-bond acceptors (Lipinski definition) is 2. The van der Waals surface area contributed by atoms with Gasteiger partial charge in [-0.05, 0) is 19.3 Å². The van der Waals surface area contributed by atoms with E-state index >= 15 is 0 Å². The topological polar surface area (TPSA) is 46.2 Å². The van der Waals surface area contributed by atoms with Crippen LogP contribution in [-0.4, -0.2) is 17.8 Å². The molecule has 3 N–H and O–H groups in total. The van der Waals surface area contributed by atoms with Crippen LogP contribution in [0.4, 0.5) is 0 Å². The Morgan fingerprint density at radius 2 is 2.25 bits per heavy atom. The molecule has 0 aliphatic heterocycles. The largest absolute Gasteiger partial charge is 0.393 e. The first-order chi connectivity index (χ1) is 5.75. The van der Waals surface area contributed by atoms with Crippen LogP contribution >= 0.6 is 0 Å². The fourth-order valence-corrected chi connectivity index (χ4v) is 2.42. The van der Waals surface area contributed by atoms with Crippen LogP contribution in [0.15, 0.2) is 0 Å². The second kappa shape index (κ2) is 4.24. The molecule has 2 atom stereocenters. The molecule has 1 rings (SSSR count). The van der Waals surface area contributed by atoms with Crippen LogP contribution in [0.1, 0.15) is 45.4 Å². The van der Waals surface area contributed by atoms with E-state index in [4.69, 9.17) is 5.73 Å². The summed E-state index contributed by atoms with van der Waals surface area (Å²) in [5, 5.41) is 9.87. The molecule has 0 amide bonds. The highest BCUT2D eigenvalue weighted by Gasteiger charge is 2.37. The standard InChI is InChI=1S/C10H21NO/c1-2-6-10(8-11)7-4-3-5-9(10)12/h9,12H,2-8,11H2,1H3. The Balaban J connectivity index is 2.60. The van der Waals surface area contributed by atoms with Crippen molar-refractivity contribution < 1.29 is 5.11 Å². The monoisotopic (exact) mass is 171 g/mol. The Morgan fingerprint density at radius 3 is 2.75 bits per heavy atom. The first kappa shape index (κ1) is 10.0. The van der Waals surface area contributed by atoms with Crippen LogP contribution in [0.3, 0.4) is 0 Å². The molecule has 2 unspecified atom stereocenters. The van der Waals surface area contributed by atoms with E-state index < -0.39 is 0 Å². The van der Waals surface area contributed by atoms with Crippen LogP contribution in [0.5, 0.6) is 0 Å². The fraction of sp³-hybridized carbons (Fsp3) is 1.00. The summed E-state index contributed by atoms with van der Waals surface area (Å²) in [5.41, 5.74) is 5.82. The molecule has 0 heterocycles. The first-order valence-corrected chi connectivity index (χ1v) is 5.13. The van der Waals surface area contributed by atoms with Gasteiger partial charge in [0.1, 0.15) is 0 Å². The SMILES string of the molecule is CCCC1(CN)CCCCC1O. The maximum absolute atomic E-state index is 9.87. The molecule has 0 aromatic carbocycles. The molecule has 0 aromatic rings. The molecule has 0 radical (unpaired) electrons. The van der Waals surface area contributed by atoms with Gasteiger partial charge in [-0.25, -0.2) is 0 Å². The smallest absolute Gasteiger partial charge is 0.0608 e. The lowest BCUT2D eigenvalue weighted by Crippen LogP contribution is -2.43. The Kier molecular flexibility index (Phi) is 3.53. The molecular weight excluding hydrogens is 150 g/mol. The lowest BCUT2D eigenvalue weighted by molar-refractivity contribution is -0.0122. The molecule has 0 aromatic heterocycles. The summed E-state index contributed by atoms with van der Waals surface area (Å²) in [5.74, 6) is 0. The van der Waals surface area contributed by atoms with Gasteiger partial charge < -0.3 is 10.8 Å². The molecule has 12 heavy (non-hydrogen) atoms. The molecule has 1 fully saturated rings. The van der Waals surface area contributed by atoms with Gasteiger partial charge in [-0.1, -0.05) is 26.2 Å². The molecule has 0 saturated heterocycles. The molecule has 2 nitrogen and oxygen atoms in total. The molecule has 2 heteroatoms. The van der Waals surface area contributed by atoms with Crippen molar-refractivity contribution in [3.8, 4) is 0 Å². The molecular formula is C10H21NO. The van der Waals surface area contributed by atoms with Crippen LogP contribution in [0.2, 0.25) is 0 Å². The normalized spacial score (nSPS) is 36.8. The number of aliphatic hydroxyl groups excluding tert-OH is 1. The van der Waals surface area contributed by atoms with Gasteiger partial charge in [-0.2, -0.15) is 0 Å². The maximum Gasteiger partial charge on any atom is 0.0608 e. The van der Waals surface area contributed by atoms with E-state index in [0.717, 1.165) is 25.7 Å². The van der Waals surface area contributed by atoms with Gasteiger partial charge >= 0.3 is 0 Å². The Hall–Kier alpha value is -0.0800.